The summed E-state index contributed by atoms with van der Waals surface area (Å²) in [6, 6.07) is 16.5. The van der Waals surface area contributed by atoms with Gasteiger partial charge >= 0.3 is 0 Å². The van der Waals surface area contributed by atoms with Crippen LogP contribution in [0.3, 0.4) is 0 Å². The predicted molar refractivity (Wildman–Crippen MR) is 107 cm³/mol. The zero-order valence-corrected chi connectivity index (χ0v) is 15.6. The number of fused-ring (bicyclic) bond motifs is 1. The number of rotatable bonds is 5. The lowest BCUT2D eigenvalue weighted by atomic mass is 10.2. The molecule has 2 aromatic carbocycles. The molecule has 0 saturated heterocycles. The number of aromatic nitrogens is 5. The maximum absolute atomic E-state index is 11.0. The quantitative estimate of drug-likeness (QED) is 0.386. The average molecular weight is 386 g/mol. The van der Waals surface area contributed by atoms with Crippen molar-refractivity contribution in [2.45, 2.75) is 25.8 Å². The van der Waals surface area contributed by atoms with Crippen molar-refractivity contribution in [3.05, 3.63) is 88.0 Å². The molecule has 1 aliphatic carbocycles. The van der Waals surface area contributed by atoms with E-state index >= 15 is 0 Å². The predicted octanol–water partition coefficient (Wildman–Crippen LogP) is 3.58. The summed E-state index contributed by atoms with van der Waals surface area (Å²) in [4.78, 5) is 14.9. The molecule has 8 heteroatoms. The lowest BCUT2D eigenvalue weighted by molar-refractivity contribution is -0.384. The molecule has 1 aliphatic rings. The molecule has 2 aromatic heterocycles. The van der Waals surface area contributed by atoms with Gasteiger partial charge in [0.15, 0.2) is 5.82 Å². The van der Waals surface area contributed by atoms with Crippen LogP contribution in [-0.4, -0.2) is 29.5 Å². The lowest BCUT2D eigenvalue weighted by Gasteiger charge is -2.04. The van der Waals surface area contributed by atoms with E-state index in [2.05, 4.69) is 22.2 Å². The van der Waals surface area contributed by atoms with Crippen LogP contribution in [0.4, 0.5) is 5.69 Å². The van der Waals surface area contributed by atoms with Gasteiger partial charge in [0.25, 0.3) is 5.69 Å². The smallest absolute Gasteiger partial charge is 0.258 e. The normalized spacial score (nSPS) is 12.8. The van der Waals surface area contributed by atoms with Gasteiger partial charge in [-0.3, -0.25) is 10.1 Å². The Morgan fingerprint density at radius 3 is 2.72 bits per heavy atom. The first-order valence-corrected chi connectivity index (χ1v) is 9.48. The fraction of sp³-hybridized carbons (Fsp3) is 0.190. The van der Waals surface area contributed by atoms with E-state index in [0.29, 0.717) is 17.9 Å². The number of hydrogen-bond acceptors (Lipinski definition) is 5. The maximum atomic E-state index is 11.0. The van der Waals surface area contributed by atoms with Crippen LogP contribution >= 0.6 is 0 Å². The summed E-state index contributed by atoms with van der Waals surface area (Å²) < 4.78 is 3.78. The van der Waals surface area contributed by atoms with E-state index in [1.165, 1.54) is 23.4 Å². The van der Waals surface area contributed by atoms with Crippen LogP contribution in [0.25, 0.3) is 17.1 Å². The molecule has 29 heavy (non-hydrogen) atoms. The van der Waals surface area contributed by atoms with Crippen molar-refractivity contribution in [2.24, 2.45) is 0 Å². The van der Waals surface area contributed by atoms with Gasteiger partial charge in [0.2, 0.25) is 0 Å². The molecule has 0 N–H and O–H groups in total. The van der Waals surface area contributed by atoms with Crippen LogP contribution in [-0.2, 0) is 19.4 Å². The van der Waals surface area contributed by atoms with Crippen molar-refractivity contribution in [3.8, 4) is 17.1 Å². The molecular formula is C21H18N6O2. The second-order valence-electron chi connectivity index (χ2n) is 7.05. The van der Waals surface area contributed by atoms with Gasteiger partial charge in [-0.05, 0) is 37.0 Å². The standard InChI is InChI=1S/C21H18N6O2/c28-27(29)17-9-4-6-15(12-17)21-22-14-25(24-21)13-19-18-10-5-11-20(18)26(23-19)16-7-2-1-3-8-16/h1-4,6-9,12,14H,5,10-11,13H2. The summed E-state index contributed by atoms with van der Waals surface area (Å²) in [5.41, 5.74) is 5.27. The minimum absolute atomic E-state index is 0.0262. The number of hydrogen-bond donors (Lipinski definition) is 0. The Hall–Kier alpha value is -3.81. The molecule has 0 saturated carbocycles. The Labute approximate surface area is 166 Å². The monoisotopic (exact) mass is 386 g/mol. The van der Waals surface area contributed by atoms with Crippen LogP contribution in [0.15, 0.2) is 60.9 Å². The Balaban J connectivity index is 1.45. The number of nitro groups is 1. The highest BCUT2D eigenvalue weighted by atomic mass is 16.6. The van der Waals surface area contributed by atoms with E-state index in [1.54, 1.807) is 23.1 Å². The lowest BCUT2D eigenvalue weighted by Crippen LogP contribution is -2.05. The first kappa shape index (κ1) is 17.3. The molecule has 0 spiro atoms. The number of para-hydroxylation sites is 1. The number of nitrogens with zero attached hydrogens (tertiary/aromatic N) is 6. The molecule has 0 aliphatic heterocycles. The minimum Gasteiger partial charge on any atom is -0.258 e. The van der Waals surface area contributed by atoms with E-state index < -0.39 is 4.92 Å². The summed E-state index contributed by atoms with van der Waals surface area (Å²) in [7, 11) is 0. The third-order valence-corrected chi connectivity index (χ3v) is 5.18. The molecule has 8 nitrogen and oxygen atoms in total. The molecular weight excluding hydrogens is 368 g/mol. The summed E-state index contributed by atoms with van der Waals surface area (Å²) in [5, 5.41) is 20.4. The Kier molecular flexibility index (Phi) is 4.16. The van der Waals surface area contributed by atoms with Crippen LogP contribution in [0.2, 0.25) is 0 Å². The Morgan fingerprint density at radius 1 is 1.03 bits per heavy atom. The Bertz CT molecular complexity index is 1200. The first-order chi connectivity index (χ1) is 14.2. The maximum Gasteiger partial charge on any atom is 0.270 e. The molecule has 2 heterocycles. The zero-order chi connectivity index (χ0) is 19.8. The fourth-order valence-electron chi connectivity index (χ4n) is 3.84. The van der Waals surface area contributed by atoms with Crippen molar-refractivity contribution in [2.75, 3.05) is 0 Å². The van der Waals surface area contributed by atoms with E-state index in [0.717, 1.165) is 30.6 Å². The van der Waals surface area contributed by atoms with E-state index in [9.17, 15) is 10.1 Å². The Morgan fingerprint density at radius 2 is 1.90 bits per heavy atom. The van der Waals surface area contributed by atoms with Crippen molar-refractivity contribution in [3.63, 3.8) is 0 Å². The zero-order valence-electron chi connectivity index (χ0n) is 15.6. The van der Waals surface area contributed by atoms with Crippen molar-refractivity contribution in [1.29, 1.82) is 0 Å². The molecule has 0 unspecified atom stereocenters. The summed E-state index contributed by atoms with van der Waals surface area (Å²) >= 11 is 0. The van der Waals surface area contributed by atoms with Crippen molar-refractivity contribution >= 4 is 5.69 Å². The highest BCUT2D eigenvalue weighted by Gasteiger charge is 2.23. The third kappa shape index (κ3) is 3.18. The average Bonchev–Trinajstić information content (AvgIpc) is 3.47. The van der Waals surface area contributed by atoms with Gasteiger partial charge in [-0.2, -0.15) is 10.2 Å². The first-order valence-electron chi connectivity index (χ1n) is 9.48. The van der Waals surface area contributed by atoms with E-state index in [4.69, 9.17) is 5.10 Å². The third-order valence-electron chi connectivity index (χ3n) is 5.18. The molecule has 0 amide bonds. The fourth-order valence-corrected chi connectivity index (χ4v) is 3.84. The topological polar surface area (TPSA) is 91.7 Å². The second kappa shape index (κ2) is 6.97. The summed E-state index contributed by atoms with van der Waals surface area (Å²) in [5.74, 6) is 0.466. The molecule has 0 fully saturated rings. The van der Waals surface area contributed by atoms with E-state index in [-0.39, 0.29) is 5.69 Å². The molecule has 144 valence electrons. The van der Waals surface area contributed by atoms with Gasteiger partial charge in [0.1, 0.15) is 6.33 Å². The van der Waals surface area contributed by atoms with Crippen LogP contribution in [0.5, 0.6) is 0 Å². The largest absolute Gasteiger partial charge is 0.270 e. The molecule has 0 radical (unpaired) electrons. The molecule has 0 atom stereocenters. The SMILES string of the molecule is O=[N+]([O-])c1cccc(-c2ncn(Cc3nn(-c4ccccc4)c4c3CCC4)n2)c1. The van der Waals surface area contributed by atoms with Gasteiger partial charge in [-0.15, -0.1) is 0 Å². The summed E-state index contributed by atoms with van der Waals surface area (Å²) in [6.07, 6.45) is 4.82. The summed E-state index contributed by atoms with van der Waals surface area (Å²) in [6.45, 7) is 0.518. The molecule has 0 bridgehead atoms. The van der Waals surface area contributed by atoms with Crippen molar-refractivity contribution in [1.82, 2.24) is 24.5 Å². The molecule has 4 aromatic rings. The minimum atomic E-state index is -0.417. The van der Waals surface area contributed by atoms with Gasteiger partial charge in [0, 0.05) is 23.4 Å². The van der Waals surface area contributed by atoms with Crippen molar-refractivity contribution < 1.29 is 4.92 Å². The van der Waals surface area contributed by atoms with E-state index in [1.807, 2.05) is 22.9 Å². The number of non-ortho nitro benzene ring substituents is 1. The number of nitro benzene ring substituents is 1. The highest BCUT2D eigenvalue weighted by molar-refractivity contribution is 5.58. The van der Waals surface area contributed by atoms with Crippen LogP contribution in [0, 0.1) is 10.1 Å². The molecule has 5 rings (SSSR count). The number of benzene rings is 2. The van der Waals surface area contributed by atoms with Crippen LogP contribution < -0.4 is 0 Å². The van der Waals surface area contributed by atoms with Gasteiger partial charge in [-0.1, -0.05) is 30.3 Å². The highest BCUT2D eigenvalue weighted by Crippen LogP contribution is 2.28. The van der Waals surface area contributed by atoms with Gasteiger partial charge in [-0.25, -0.2) is 14.3 Å². The van der Waals surface area contributed by atoms with Crippen LogP contribution in [0.1, 0.15) is 23.4 Å². The van der Waals surface area contributed by atoms with Gasteiger partial charge < -0.3 is 0 Å². The second-order valence-corrected chi connectivity index (χ2v) is 7.05. The van der Waals surface area contributed by atoms with Gasteiger partial charge in [0.05, 0.1) is 22.8 Å².